The fraction of sp³-hybridized carbons (Fsp3) is 0.182. The highest BCUT2D eigenvalue weighted by Gasteiger charge is 2.20. The third-order valence-corrected chi connectivity index (χ3v) is 5.83. The topological polar surface area (TPSA) is 119 Å². The Balaban J connectivity index is 2.35. The molecule has 0 saturated carbocycles. The molecule has 2 rings (SSSR count). The van der Waals surface area contributed by atoms with Crippen molar-refractivity contribution in [2.24, 2.45) is 0 Å². The monoisotopic (exact) mass is 347 g/mol. The van der Waals surface area contributed by atoms with Gasteiger partial charge in [-0.2, -0.15) is 0 Å². The van der Waals surface area contributed by atoms with Crippen molar-refractivity contribution < 1.29 is 16.8 Å². The summed E-state index contributed by atoms with van der Waals surface area (Å²) in [6, 6.07) is 3.58. The van der Waals surface area contributed by atoms with E-state index in [0.29, 0.717) is 5.69 Å². The molecule has 0 aliphatic heterocycles. The Morgan fingerprint density at radius 2 is 2.00 bits per heavy atom. The highest BCUT2D eigenvalue weighted by molar-refractivity contribution is 7.91. The smallest absolute Gasteiger partial charge is 0.243 e. The van der Waals surface area contributed by atoms with E-state index in [2.05, 4.69) is 9.71 Å². The second-order valence-electron chi connectivity index (χ2n) is 4.28. The van der Waals surface area contributed by atoms with Crippen LogP contribution in [0.5, 0.6) is 0 Å². The van der Waals surface area contributed by atoms with Crippen molar-refractivity contribution in [3.8, 4) is 0 Å². The van der Waals surface area contributed by atoms with Crippen molar-refractivity contribution in [1.82, 2.24) is 9.71 Å². The van der Waals surface area contributed by atoms with Gasteiger partial charge in [0.1, 0.15) is 4.90 Å². The van der Waals surface area contributed by atoms with Gasteiger partial charge in [0.25, 0.3) is 0 Å². The Bertz CT molecular complexity index is 843. The van der Waals surface area contributed by atoms with Crippen molar-refractivity contribution in [2.75, 3.05) is 12.0 Å². The predicted molar refractivity (Wildman–Crippen MR) is 80.1 cm³/mol. The molecule has 1 aromatic carbocycles. The standard InChI is InChI=1S/C11H13N3O4S3/c1-20(15,16)9-2-3-10(12)11(4-9)21(17,18)14-5-8-6-19-7-13-8/h2-4,6-7,14H,5,12H2,1H3. The van der Waals surface area contributed by atoms with E-state index in [1.165, 1.54) is 23.5 Å². The van der Waals surface area contributed by atoms with Gasteiger partial charge < -0.3 is 5.73 Å². The molecule has 0 aliphatic rings. The molecular weight excluding hydrogens is 334 g/mol. The van der Waals surface area contributed by atoms with Gasteiger partial charge in [-0.15, -0.1) is 11.3 Å². The molecule has 21 heavy (non-hydrogen) atoms. The maximum Gasteiger partial charge on any atom is 0.243 e. The molecule has 0 atom stereocenters. The number of rotatable bonds is 5. The molecule has 0 fully saturated rings. The summed E-state index contributed by atoms with van der Waals surface area (Å²) < 4.78 is 49.8. The van der Waals surface area contributed by atoms with Crippen molar-refractivity contribution in [1.29, 1.82) is 0 Å². The summed E-state index contributed by atoms with van der Waals surface area (Å²) in [5.41, 5.74) is 7.78. The minimum absolute atomic E-state index is 0.00831. The molecule has 0 aliphatic carbocycles. The molecule has 10 heteroatoms. The third-order valence-electron chi connectivity index (χ3n) is 2.63. The molecule has 7 nitrogen and oxygen atoms in total. The molecule has 0 saturated heterocycles. The number of aromatic nitrogens is 1. The molecule has 0 amide bonds. The van der Waals surface area contributed by atoms with E-state index in [9.17, 15) is 16.8 Å². The van der Waals surface area contributed by atoms with Crippen LogP contribution in [0.4, 0.5) is 5.69 Å². The van der Waals surface area contributed by atoms with E-state index in [0.717, 1.165) is 12.3 Å². The number of nitrogen functional groups attached to an aromatic ring is 1. The van der Waals surface area contributed by atoms with Crippen LogP contribution in [0.1, 0.15) is 5.69 Å². The van der Waals surface area contributed by atoms with E-state index in [-0.39, 0.29) is 22.0 Å². The lowest BCUT2D eigenvalue weighted by molar-refractivity contribution is 0.580. The summed E-state index contributed by atoms with van der Waals surface area (Å²) in [6.07, 6.45) is 0.998. The molecule has 0 bridgehead atoms. The number of nitrogens with two attached hydrogens (primary N) is 1. The van der Waals surface area contributed by atoms with E-state index in [1.54, 1.807) is 10.9 Å². The molecular formula is C11H13N3O4S3. The van der Waals surface area contributed by atoms with Crippen LogP contribution in [0.2, 0.25) is 0 Å². The van der Waals surface area contributed by atoms with E-state index < -0.39 is 19.9 Å². The normalized spacial score (nSPS) is 12.4. The second kappa shape index (κ2) is 5.72. The van der Waals surface area contributed by atoms with Crippen LogP contribution in [0.15, 0.2) is 38.9 Å². The van der Waals surface area contributed by atoms with Gasteiger partial charge in [0.15, 0.2) is 9.84 Å². The minimum atomic E-state index is -3.92. The molecule has 2 aromatic rings. The Morgan fingerprint density at radius 1 is 1.29 bits per heavy atom. The number of sulfone groups is 1. The average Bonchev–Trinajstić information content (AvgIpc) is 2.88. The summed E-state index contributed by atoms with van der Waals surface area (Å²) in [5.74, 6) is 0. The van der Waals surface area contributed by atoms with Gasteiger partial charge in [-0.3, -0.25) is 0 Å². The zero-order valence-corrected chi connectivity index (χ0v) is 13.4. The Hall–Kier alpha value is -1.49. The number of sulfonamides is 1. The van der Waals surface area contributed by atoms with Gasteiger partial charge in [-0.25, -0.2) is 26.5 Å². The van der Waals surface area contributed by atoms with Crippen LogP contribution in [-0.2, 0) is 26.4 Å². The maximum absolute atomic E-state index is 12.2. The highest BCUT2D eigenvalue weighted by Crippen LogP contribution is 2.22. The molecule has 1 heterocycles. The van der Waals surface area contributed by atoms with Crippen molar-refractivity contribution in [2.45, 2.75) is 16.3 Å². The van der Waals surface area contributed by atoms with E-state index >= 15 is 0 Å². The fourth-order valence-corrected chi connectivity index (χ4v) is 3.98. The fourth-order valence-electron chi connectivity index (χ4n) is 1.55. The van der Waals surface area contributed by atoms with Crippen LogP contribution in [0.3, 0.4) is 0 Å². The van der Waals surface area contributed by atoms with Gasteiger partial charge in [0.05, 0.1) is 28.3 Å². The lowest BCUT2D eigenvalue weighted by Gasteiger charge is -2.09. The minimum Gasteiger partial charge on any atom is -0.398 e. The van der Waals surface area contributed by atoms with Crippen LogP contribution in [0, 0.1) is 0 Å². The molecule has 0 unspecified atom stereocenters. The number of hydrogen-bond acceptors (Lipinski definition) is 7. The van der Waals surface area contributed by atoms with Gasteiger partial charge in [0.2, 0.25) is 10.0 Å². The first-order valence-corrected chi connectivity index (χ1v) is 9.98. The molecule has 3 N–H and O–H groups in total. The summed E-state index contributed by atoms with van der Waals surface area (Å²) in [6.45, 7) is 0.00831. The predicted octanol–water partition coefficient (Wildman–Crippen LogP) is 0.607. The van der Waals surface area contributed by atoms with Crippen LogP contribution < -0.4 is 10.5 Å². The summed E-state index contributed by atoms with van der Waals surface area (Å²) >= 11 is 1.35. The molecule has 0 radical (unpaired) electrons. The Labute approximate surface area is 126 Å². The average molecular weight is 347 g/mol. The number of nitrogens with zero attached hydrogens (tertiary/aromatic N) is 1. The van der Waals surface area contributed by atoms with Crippen LogP contribution in [-0.4, -0.2) is 28.1 Å². The number of thiazole rings is 1. The van der Waals surface area contributed by atoms with Gasteiger partial charge in [-0.05, 0) is 18.2 Å². The third kappa shape index (κ3) is 3.79. The van der Waals surface area contributed by atoms with Gasteiger partial charge in [0, 0.05) is 11.6 Å². The molecule has 1 aromatic heterocycles. The molecule has 114 valence electrons. The SMILES string of the molecule is CS(=O)(=O)c1ccc(N)c(S(=O)(=O)NCc2cscn2)c1. The lowest BCUT2D eigenvalue weighted by Crippen LogP contribution is -2.24. The summed E-state index contributed by atoms with van der Waals surface area (Å²) in [5, 5.41) is 1.71. The van der Waals surface area contributed by atoms with E-state index in [1.807, 2.05) is 0 Å². The van der Waals surface area contributed by atoms with E-state index in [4.69, 9.17) is 5.73 Å². The first-order chi connectivity index (χ1) is 9.70. The number of nitrogens with one attached hydrogen (secondary N) is 1. The number of hydrogen-bond donors (Lipinski definition) is 2. The molecule has 0 spiro atoms. The second-order valence-corrected chi connectivity index (χ2v) is 8.75. The van der Waals surface area contributed by atoms with Crippen LogP contribution in [0.25, 0.3) is 0 Å². The Morgan fingerprint density at radius 3 is 2.57 bits per heavy atom. The van der Waals surface area contributed by atoms with Crippen molar-refractivity contribution >= 4 is 36.9 Å². The zero-order chi connectivity index (χ0) is 15.7. The Kier molecular flexibility index (Phi) is 4.33. The first kappa shape index (κ1) is 15.9. The van der Waals surface area contributed by atoms with Crippen molar-refractivity contribution in [3.05, 3.63) is 34.8 Å². The van der Waals surface area contributed by atoms with Crippen LogP contribution >= 0.6 is 11.3 Å². The number of benzene rings is 1. The van der Waals surface area contributed by atoms with Gasteiger partial charge >= 0.3 is 0 Å². The maximum atomic E-state index is 12.2. The quantitative estimate of drug-likeness (QED) is 0.765. The zero-order valence-electron chi connectivity index (χ0n) is 11.0. The largest absolute Gasteiger partial charge is 0.398 e. The van der Waals surface area contributed by atoms with Gasteiger partial charge in [-0.1, -0.05) is 0 Å². The lowest BCUT2D eigenvalue weighted by atomic mass is 10.3. The summed E-state index contributed by atoms with van der Waals surface area (Å²) in [4.78, 5) is 3.59. The van der Waals surface area contributed by atoms with Crippen molar-refractivity contribution in [3.63, 3.8) is 0 Å². The number of anilines is 1. The highest BCUT2D eigenvalue weighted by atomic mass is 32.2. The summed E-state index contributed by atoms with van der Waals surface area (Å²) in [7, 11) is -7.44. The first-order valence-electron chi connectivity index (χ1n) is 5.66.